The van der Waals surface area contributed by atoms with Gasteiger partial charge in [-0.25, -0.2) is 0 Å². The van der Waals surface area contributed by atoms with Gasteiger partial charge in [-0.15, -0.1) is 0 Å². The van der Waals surface area contributed by atoms with E-state index in [1.165, 1.54) is 19.3 Å². The highest BCUT2D eigenvalue weighted by Gasteiger charge is 1.95. The Balaban J connectivity index is 0. The van der Waals surface area contributed by atoms with Crippen molar-refractivity contribution >= 4 is 0 Å². The first-order valence-corrected chi connectivity index (χ1v) is 4.51. The van der Waals surface area contributed by atoms with Crippen molar-refractivity contribution in [2.75, 3.05) is 6.54 Å². The summed E-state index contributed by atoms with van der Waals surface area (Å²) < 4.78 is 0. The first kappa shape index (κ1) is 12.6. The molecule has 0 aliphatic carbocycles. The van der Waals surface area contributed by atoms with Gasteiger partial charge in [0.2, 0.25) is 0 Å². The topological polar surface area (TPSA) is 26.0 Å². The highest BCUT2D eigenvalue weighted by Crippen LogP contribution is 2.07. The number of nitrogens with two attached hydrogens (primary N) is 1. The molecule has 0 aliphatic heterocycles. The number of hydrogen-bond acceptors (Lipinski definition) is 1. The van der Waals surface area contributed by atoms with E-state index >= 15 is 0 Å². The summed E-state index contributed by atoms with van der Waals surface area (Å²) in [5.74, 6) is 0.838. The van der Waals surface area contributed by atoms with Gasteiger partial charge >= 0.3 is 0 Å². The lowest BCUT2D eigenvalue weighted by Crippen LogP contribution is -2.04. The highest BCUT2D eigenvalue weighted by molar-refractivity contribution is 4.50. The molecule has 0 saturated heterocycles. The van der Waals surface area contributed by atoms with Gasteiger partial charge in [0.15, 0.2) is 0 Å². The van der Waals surface area contributed by atoms with Crippen LogP contribution in [0.1, 0.15) is 47.0 Å². The maximum Gasteiger partial charge on any atom is -0.00747 e. The molecule has 1 heteroatoms. The minimum Gasteiger partial charge on any atom is -0.330 e. The van der Waals surface area contributed by atoms with E-state index in [2.05, 4.69) is 13.8 Å². The van der Waals surface area contributed by atoms with Gasteiger partial charge in [0, 0.05) is 0 Å². The molecule has 0 spiro atoms. The SMILES string of the molecule is CC.CCCC(C)CCN. The Bertz CT molecular complexity index is 38.0. The van der Waals surface area contributed by atoms with Gasteiger partial charge in [-0.2, -0.15) is 0 Å². The third-order valence-electron chi connectivity index (χ3n) is 1.44. The summed E-state index contributed by atoms with van der Waals surface area (Å²) in [5, 5.41) is 0. The summed E-state index contributed by atoms with van der Waals surface area (Å²) in [7, 11) is 0. The normalized spacial score (nSPS) is 11.7. The molecule has 64 valence electrons. The van der Waals surface area contributed by atoms with E-state index in [0.29, 0.717) is 0 Å². The average Bonchev–Trinajstić information content (AvgIpc) is 1.93. The first-order valence-electron chi connectivity index (χ1n) is 4.51. The second kappa shape index (κ2) is 11.7. The van der Waals surface area contributed by atoms with Crippen LogP contribution < -0.4 is 5.73 Å². The molecule has 2 N–H and O–H groups in total. The second-order valence-electron chi connectivity index (χ2n) is 2.47. The van der Waals surface area contributed by atoms with Crippen LogP contribution in [0.5, 0.6) is 0 Å². The smallest absolute Gasteiger partial charge is 0.00747 e. The maximum atomic E-state index is 5.36. The lowest BCUT2D eigenvalue weighted by atomic mass is 10.0. The van der Waals surface area contributed by atoms with Crippen LogP contribution in [-0.2, 0) is 0 Å². The standard InChI is InChI=1S/C7H17N.C2H6/c1-3-4-7(2)5-6-8;1-2/h7H,3-6,8H2,1-2H3;1-2H3. The fraction of sp³-hybridized carbons (Fsp3) is 1.00. The second-order valence-corrected chi connectivity index (χ2v) is 2.47. The fourth-order valence-electron chi connectivity index (χ4n) is 0.922. The lowest BCUT2D eigenvalue weighted by molar-refractivity contribution is 0.493. The largest absolute Gasteiger partial charge is 0.330 e. The van der Waals surface area contributed by atoms with Crippen molar-refractivity contribution in [3.05, 3.63) is 0 Å². The molecule has 0 aromatic heterocycles. The van der Waals surface area contributed by atoms with Gasteiger partial charge in [-0.05, 0) is 18.9 Å². The Morgan fingerprint density at radius 2 is 1.70 bits per heavy atom. The van der Waals surface area contributed by atoms with Crippen molar-refractivity contribution < 1.29 is 0 Å². The molecule has 10 heavy (non-hydrogen) atoms. The van der Waals surface area contributed by atoms with Gasteiger partial charge in [-0.3, -0.25) is 0 Å². The molecule has 0 bridgehead atoms. The summed E-state index contributed by atoms with van der Waals surface area (Å²) in [5.41, 5.74) is 5.36. The van der Waals surface area contributed by atoms with Crippen molar-refractivity contribution in [3.8, 4) is 0 Å². The Labute approximate surface area is 66.0 Å². The van der Waals surface area contributed by atoms with E-state index in [0.717, 1.165) is 12.5 Å². The minimum atomic E-state index is 0.838. The van der Waals surface area contributed by atoms with Gasteiger partial charge in [0.1, 0.15) is 0 Å². The van der Waals surface area contributed by atoms with Crippen LogP contribution in [0.15, 0.2) is 0 Å². The Hall–Kier alpha value is -0.0400. The predicted molar refractivity (Wildman–Crippen MR) is 49.1 cm³/mol. The monoisotopic (exact) mass is 145 g/mol. The summed E-state index contributed by atoms with van der Waals surface area (Å²) in [6.45, 7) is 9.32. The molecule has 0 radical (unpaired) electrons. The average molecular weight is 145 g/mol. The van der Waals surface area contributed by atoms with Crippen LogP contribution in [-0.4, -0.2) is 6.54 Å². The van der Waals surface area contributed by atoms with Gasteiger partial charge < -0.3 is 5.73 Å². The molecule has 0 aromatic rings. The lowest BCUT2D eigenvalue weighted by Gasteiger charge is -2.05. The Morgan fingerprint density at radius 3 is 2.00 bits per heavy atom. The molecule has 0 saturated carbocycles. The third-order valence-corrected chi connectivity index (χ3v) is 1.44. The van der Waals surface area contributed by atoms with Gasteiger partial charge in [0.05, 0.1) is 0 Å². The van der Waals surface area contributed by atoms with Crippen LogP contribution in [0.2, 0.25) is 0 Å². The van der Waals surface area contributed by atoms with Gasteiger partial charge in [-0.1, -0.05) is 40.5 Å². The van der Waals surface area contributed by atoms with Crippen LogP contribution in [0.25, 0.3) is 0 Å². The first-order chi connectivity index (χ1) is 4.81. The quantitative estimate of drug-likeness (QED) is 0.646. The summed E-state index contributed by atoms with van der Waals surface area (Å²) >= 11 is 0. The molecule has 1 atom stereocenters. The molecular formula is C9H23N. The van der Waals surface area contributed by atoms with Gasteiger partial charge in [0.25, 0.3) is 0 Å². The van der Waals surface area contributed by atoms with Crippen LogP contribution in [0.4, 0.5) is 0 Å². The molecule has 1 nitrogen and oxygen atoms in total. The number of rotatable bonds is 4. The van der Waals surface area contributed by atoms with E-state index in [1.54, 1.807) is 0 Å². The minimum absolute atomic E-state index is 0.838. The van der Waals surface area contributed by atoms with Crippen molar-refractivity contribution in [3.63, 3.8) is 0 Å². The zero-order valence-electron chi connectivity index (χ0n) is 7.98. The molecule has 0 heterocycles. The molecule has 0 aromatic carbocycles. The van der Waals surface area contributed by atoms with E-state index in [4.69, 9.17) is 5.73 Å². The molecule has 0 amide bonds. The maximum absolute atomic E-state index is 5.36. The summed E-state index contributed by atoms with van der Waals surface area (Å²) in [6, 6.07) is 0. The van der Waals surface area contributed by atoms with E-state index in [-0.39, 0.29) is 0 Å². The molecule has 0 aliphatic rings. The zero-order chi connectivity index (χ0) is 8.41. The van der Waals surface area contributed by atoms with Crippen molar-refractivity contribution in [1.82, 2.24) is 0 Å². The summed E-state index contributed by atoms with van der Waals surface area (Å²) in [6.07, 6.45) is 3.81. The van der Waals surface area contributed by atoms with E-state index < -0.39 is 0 Å². The molecule has 0 fully saturated rings. The van der Waals surface area contributed by atoms with E-state index in [1.807, 2.05) is 13.8 Å². The van der Waals surface area contributed by atoms with Crippen molar-refractivity contribution in [2.24, 2.45) is 11.7 Å². The Kier molecular flexibility index (Phi) is 14.8. The van der Waals surface area contributed by atoms with E-state index in [9.17, 15) is 0 Å². The molecule has 1 unspecified atom stereocenters. The van der Waals surface area contributed by atoms with Crippen LogP contribution >= 0.6 is 0 Å². The fourth-order valence-corrected chi connectivity index (χ4v) is 0.922. The van der Waals surface area contributed by atoms with Crippen LogP contribution in [0.3, 0.4) is 0 Å². The molecular weight excluding hydrogens is 122 g/mol. The zero-order valence-corrected chi connectivity index (χ0v) is 7.98. The third kappa shape index (κ3) is 10.9. The molecule has 0 rings (SSSR count). The Morgan fingerprint density at radius 1 is 1.20 bits per heavy atom. The number of hydrogen-bond donors (Lipinski definition) is 1. The summed E-state index contributed by atoms with van der Waals surface area (Å²) in [4.78, 5) is 0. The van der Waals surface area contributed by atoms with Crippen LogP contribution in [0, 0.1) is 5.92 Å². The van der Waals surface area contributed by atoms with Crippen molar-refractivity contribution in [1.29, 1.82) is 0 Å². The highest BCUT2D eigenvalue weighted by atomic mass is 14.5. The predicted octanol–water partition coefficient (Wildman–Crippen LogP) is 2.80. The van der Waals surface area contributed by atoms with Crippen molar-refractivity contribution in [2.45, 2.75) is 47.0 Å².